The van der Waals surface area contributed by atoms with Crippen LogP contribution in [-0.4, -0.2) is 102 Å². The van der Waals surface area contributed by atoms with Gasteiger partial charge in [-0.25, -0.2) is 52.4 Å². The largest absolute Gasteiger partial charge is 0.377 e. The predicted octanol–water partition coefficient (Wildman–Crippen LogP) is 21.4. The summed E-state index contributed by atoms with van der Waals surface area (Å²) in [6.45, 7) is 36.9. The van der Waals surface area contributed by atoms with E-state index in [1.807, 2.05) is 219 Å². The van der Waals surface area contributed by atoms with Crippen molar-refractivity contribution in [1.82, 2.24) is 54.1 Å². The summed E-state index contributed by atoms with van der Waals surface area (Å²) in [5.74, 6) is 1.71. The minimum Gasteiger partial charge on any atom is -0.377 e. The SMILES string of the molecule is CC(C)c1cc(NS(=O)(=O)c2ccc(C(C)(C)C)cc2)n(-c2cccc3ncccc23)n1.CCc1cc(NS(=O)(=O)c2ccc(C(C)(C)C)cc2)n(-c2cccc3ncccc23)n1.Cc1cc(NS(=O)(=O)c2ccc(C(C)(C)C)cc2)n(-c2c(C)ccc3ncccc23)n1.Cc1cc(NS(=O)(=O)c2ccc(C(C)(C)C)cc2)n(-c2ccc(N(C)C)c3ccccc23)n1. The summed E-state index contributed by atoms with van der Waals surface area (Å²) in [6, 6.07) is 74.0. The molecule has 0 saturated carbocycles. The molecule has 16 aromatic rings. The van der Waals surface area contributed by atoms with Gasteiger partial charge in [-0.1, -0.05) is 195 Å². The van der Waals surface area contributed by atoms with Crippen LogP contribution in [0.3, 0.4) is 0 Å². The number of pyridine rings is 3. The lowest BCUT2D eigenvalue weighted by Gasteiger charge is -2.19. The summed E-state index contributed by atoms with van der Waals surface area (Å²) in [5.41, 5.74) is 14.8. The average molecular weight is 1780 g/mol. The topological polar surface area (TPSA) is 298 Å². The first-order chi connectivity index (χ1) is 59.8. The second-order valence-corrected chi connectivity index (χ2v) is 42.8. The van der Waals surface area contributed by atoms with Crippen molar-refractivity contribution in [3.05, 3.63) is 312 Å². The molecule has 0 saturated heterocycles. The van der Waals surface area contributed by atoms with Gasteiger partial charge < -0.3 is 4.90 Å². The molecule has 0 unspecified atom stereocenters. The van der Waals surface area contributed by atoms with Gasteiger partial charge in [0.2, 0.25) is 0 Å². The molecule has 0 fully saturated rings. The van der Waals surface area contributed by atoms with Gasteiger partial charge in [0.25, 0.3) is 40.1 Å². The maximum Gasteiger partial charge on any atom is 0.263 e. The van der Waals surface area contributed by atoms with E-state index in [0.717, 1.165) is 117 Å². The van der Waals surface area contributed by atoms with E-state index >= 15 is 0 Å². The van der Waals surface area contributed by atoms with Crippen LogP contribution in [-0.2, 0) is 68.2 Å². The van der Waals surface area contributed by atoms with Crippen LogP contribution in [0.1, 0.15) is 160 Å². The third-order valence-electron chi connectivity index (χ3n) is 21.6. The van der Waals surface area contributed by atoms with E-state index in [1.54, 1.807) is 110 Å². The third-order valence-corrected chi connectivity index (χ3v) is 27.1. The molecule has 0 radical (unpaired) electrons. The number of hydrogen-bond donors (Lipinski definition) is 4. The molecule has 0 atom stereocenters. The van der Waals surface area contributed by atoms with Crippen molar-refractivity contribution >= 4 is 113 Å². The molecule has 0 aliphatic heterocycles. The minimum absolute atomic E-state index is 0.0488. The van der Waals surface area contributed by atoms with Gasteiger partial charge in [-0.15, -0.1) is 0 Å². The van der Waals surface area contributed by atoms with Crippen LogP contribution >= 0.6 is 0 Å². The Kier molecular flexibility index (Phi) is 26.2. The summed E-state index contributed by atoms with van der Waals surface area (Å²) < 4.78 is 123. The van der Waals surface area contributed by atoms with Gasteiger partial charge in [-0.05, 0) is 210 Å². The first kappa shape index (κ1) is 91.8. The molecule has 28 heteroatoms. The van der Waals surface area contributed by atoms with Gasteiger partial charge in [-0.2, -0.15) is 20.4 Å². The number of nitrogens with zero attached hydrogens (tertiary/aromatic N) is 12. The highest BCUT2D eigenvalue weighted by Crippen LogP contribution is 2.38. The van der Waals surface area contributed by atoms with Crippen LogP contribution in [0.25, 0.3) is 66.2 Å². The van der Waals surface area contributed by atoms with E-state index in [1.165, 1.54) is 0 Å². The zero-order chi connectivity index (χ0) is 91.7. The number of fused-ring (bicyclic) bond motifs is 4. The molecule has 0 aliphatic rings. The lowest BCUT2D eigenvalue weighted by molar-refractivity contribution is 0.587. The van der Waals surface area contributed by atoms with E-state index < -0.39 is 40.1 Å². The number of anilines is 5. The molecule has 4 N–H and O–H groups in total. The summed E-state index contributed by atoms with van der Waals surface area (Å²) in [4.78, 5) is 16.1. The standard InChI is InChI=1S/C26H30N4O2S.C25H28N4O2S.2C24H26N4O2S/c1-18-17-25(28-33(31,32)20-13-11-19(12-14-20)26(2,3)4)30(27-18)24-16-15-23(29(5)6)21-9-7-8-10-22(21)24;1-17(2)22-16-24(28-32(30,31)19-13-11-18(12-14-19)25(3,4)5)29(27-22)23-10-6-9-21-20(23)8-7-15-26-21;1-16-8-13-21-20(7-6-14-25-21)23(16)28-22(15-17(2)26-28)27-31(29,30)19-11-9-18(10-12-19)24(3,4)5;1-5-18-16-23(27-31(29,30)19-13-11-17(12-14-19)24(2,3)4)28(26-18)22-10-6-9-21-20(22)8-7-15-25-21/h7-17,28H,1-6H3;6-17,28H,1-5H3;6-15,27H,1-5H3;6-16,27H,5H2,1-4H3. The van der Waals surface area contributed by atoms with Gasteiger partial charge in [0.05, 0.1) is 81.7 Å². The maximum atomic E-state index is 13.2. The minimum atomic E-state index is -3.80. The van der Waals surface area contributed by atoms with E-state index in [0.29, 0.717) is 35.4 Å². The van der Waals surface area contributed by atoms with Gasteiger partial charge in [-0.3, -0.25) is 33.8 Å². The van der Waals surface area contributed by atoms with Gasteiger partial charge >= 0.3 is 0 Å². The number of hydrogen-bond acceptors (Lipinski definition) is 16. The Bertz CT molecular complexity index is 7100. The van der Waals surface area contributed by atoms with Crippen molar-refractivity contribution in [2.45, 2.75) is 178 Å². The highest BCUT2D eigenvalue weighted by Gasteiger charge is 2.28. The van der Waals surface area contributed by atoms with Crippen LogP contribution in [0.2, 0.25) is 0 Å². The van der Waals surface area contributed by atoms with E-state index in [9.17, 15) is 33.7 Å². The Hall–Kier alpha value is -12.9. The summed E-state index contributed by atoms with van der Waals surface area (Å²) >= 11 is 0. The summed E-state index contributed by atoms with van der Waals surface area (Å²) in [5, 5.41) is 23.3. The number of sulfonamides is 4. The molecule has 0 bridgehead atoms. The number of aryl methyl sites for hydroxylation is 4. The lowest BCUT2D eigenvalue weighted by Crippen LogP contribution is -2.17. The smallest absolute Gasteiger partial charge is 0.263 e. The normalized spacial score (nSPS) is 12.3. The Morgan fingerprint density at radius 1 is 0.339 bits per heavy atom. The number of nitrogens with one attached hydrogen (secondary N) is 4. The first-order valence-electron chi connectivity index (χ1n) is 41.9. The van der Waals surface area contributed by atoms with Crippen LogP contribution in [0, 0.1) is 20.8 Å². The van der Waals surface area contributed by atoms with Crippen molar-refractivity contribution < 1.29 is 33.7 Å². The van der Waals surface area contributed by atoms with E-state index in [2.05, 4.69) is 143 Å². The molecule has 7 aromatic heterocycles. The molecule has 24 nitrogen and oxygen atoms in total. The number of benzene rings is 9. The Balaban J connectivity index is 0.000000145. The van der Waals surface area contributed by atoms with Crippen molar-refractivity contribution in [3.8, 4) is 22.7 Å². The second kappa shape index (κ2) is 36.2. The maximum absolute atomic E-state index is 13.2. The van der Waals surface area contributed by atoms with Crippen molar-refractivity contribution in [1.29, 1.82) is 0 Å². The summed E-state index contributed by atoms with van der Waals surface area (Å²) in [6.07, 6.45) is 5.89. The zero-order valence-electron chi connectivity index (χ0n) is 75.4. The lowest BCUT2D eigenvalue weighted by atomic mass is 9.87. The quantitative estimate of drug-likeness (QED) is 0.0585. The van der Waals surface area contributed by atoms with Crippen LogP contribution in [0.15, 0.2) is 281 Å². The van der Waals surface area contributed by atoms with Crippen molar-refractivity contribution in [2.24, 2.45) is 0 Å². The van der Waals surface area contributed by atoms with Crippen LogP contribution in [0.4, 0.5) is 29.0 Å². The average Bonchev–Trinajstić information content (AvgIpc) is 1.70. The molecule has 7 heterocycles. The molecule has 658 valence electrons. The monoisotopic (exact) mass is 1780 g/mol. The van der Waals surface area contributed by atoms with Gasteiger partial charge in [0, 0.05) is 89.6 Å². The molecule has 9 aromatic carbocycles. The molecular formula is C99H110N16O8S4. The highest BCUT2D eigenvalue weighted by atomic mass is 32.2. The van der Waals surface area contributed by atoms with E-state index in [-0.39, 0.29) is 47.2 Å². The Morgan fingerprint density at radius 2 is 0.677 bits per heavy atom. The number of rotatable bonds is 19. The Labute approximate surface area is 745 Å². The van der Waals surface area contributed by atoms with Crippen LogP contribution < -0.4 is 23.8 Å². The predicted molar refractivity (Wildman–Crippen MR) is 513 cm³/mol. The zero-order valence-corrected chi connectivity index (χ0v) is 78.6. The second-order valence-electron chi connectivity index (χ2n) is 36.0. The molecule has 0 amide bonds. The first-order valence-corrected chi connectivity index (χ1v) is 47.8. The third kappa shape index (κ3) is 20.8. The van der Waals surface area contributed by atoms with Crippen LogP contribution in [0.5, 0.6) is 0 Å². The Morgan fingerprint density at radius 3 is 1.07 bits per heavy atom. The fourth-order valence-electron chi connectivity index (χ4n) is 14.5. The fourth-order valence-corrected chi connectivity index (χ4v) is 18.7. The van der Waals surface area contributed by atoms with E-state index in [4.69, 9.17) is 5.10 Å². The molecule has 0 spiro atoms. The van der Waals surface area contributed by atoms with Gasteiger partial charge in [0.15, 0.2) is 0 Å². The summed E-state index contributed by atoms with van der Waals surface area (Å²) in [7, 11) is -11.1. The number of aromatic nitrogens is 11. The molecule has 0 aliphatic carbocycles. The fraction of sp³-hybridized carbons (Fsp3) is 0.263. The molecular weight excluding hydrogens is 1670 g/mol. The van der Waals surface area contributed by atoms with Gasteiger partial charge in [0.1, 0.15) is 23.3 Å². The van der Waals surface area contributed by atoms with Crippen molar-refractivity contribution in [3.63, 3.8) is 0 Å². The molecule has 127 heavy (non-hydrogen) atoms. The highest BCUT2D eigenvalue weighted by molar-refractivity contribution is 7.93. The van der Waals surface area contributed by atoms with Crippen molar-refractivity contribution in [2.75, 3.05) is 37.9 Å². The molecule has 16 rings (SSSR count).